The van der Waals surface area contributed by atoms with Gasteiger partial charge >= 0.3 is 6.03 Å². The number of urea groups is 1. The first-order valence-electron chi connectivity index (χ1n) is 5.35. The zero-order chi connectivity index (χ0) is 13.7. The molecule has 0 aliphatic carbocycles. The summed E-state index contributed by atoms with van der Waals surface area (Å²) >= 11 is 0. The summed E-state index contributed by atoms with van der Waals surface area (Å²) in [6.45, 7) is 0.456. The van der Waals surface area contributed by atoms with Crippen LogP contribution in [0.5, 0.6) is 0 Å². The number of carbonyl (C=O) groups is 1. The van der Waals surface area contributed by atoms with Gasteiger partial charge < -0.3 is 21.3 Å². The molecule has 0 heterocycles. The normalized spacial score (nSPS) is 10.0. The molecule has 0 radical (unpaired) electrons. The highest BCUT2D eigenvalue weighted by molar-refractivity contribution is 5.73. The van der Waals surface area contributed by atoms with E-state index in [0.717, 1.165) is 12.1 Å². The van der Waals surface area contributed by atoms with Crippen LogP contribution in [0.1, 0.15) is 0 Å². The van der Waals surface area contributed by atoms with Crippen molar-refractivity contribution >= 4 is 17.4 Å². The lowest BCUT2D eigenvalue weighted by Gasteiger charge is -2.13. The first-order valence-corrected chi connectivity index (χ1v) is 5.35. The van der Waals surface area contributed by atoms with Crippen LogP contribution in [0, 0.1) is 11.6 Å². The third-order valence-corrected chi connectivity index (χ3v) is 2.17. The van der Waals surface area contributed by atoms with Gasteiger partial charge in [-0.25, -0.2) is 13.6 Å². The van der Waals surface area contributed by atoms with Crippen LogP contribution in [-0.4, -0.2) is 38.1 Å². The van der Waals surface area contributed by atoms with Gasteiger partial charge in [0.15, 0.2) is 11.6 Å². The molecule has 0 aliphatic rings. The number of rotatable bonds is 4. The number of nitrogens with one attached hydrogen (secondary N) is 2. The molecule has 100 valence electrons. The highest BCUT2D eigenvalue weighted by atomic mass is 19.1. The van der Waals surface area contributed by atoms with Crippen LogP contribution in [-0.2, 0) is 0 Å². The fourth-order valence-electron chi connectivity index (χ4n) is 1.28. The summed E-state index contributed by atoms with van der Waals surface area (Å²) in [5.74, 6) is -1.52. The quantitative estimate of drug-likeness (QED) is 0.562. The van der Waals surface area contributed by atoms with Crippen molar-refractivity contribution in [3.8, 4) is 0 Å². The van der Waals surface area contributed by atoms with Gasteiger partial charge in [0.05, 0.1) is 0 Å². The van der Waals surface area contributed by atoms with Crippen LogP contribution < -0.4 is 16.4 Å². The van der Waals surface area contributed by atoms with E-state index < -0.39 is 11.6 Å². The number of nitrogens with zero attached hydrogens (tertiary/aromatic N) is 1. The van der Waals surface area contributed by atoms with Gasteiger partial charge in [0.2, 0.25) is 0 Å². The molecule has 18 heavy (non-hydrogen) atoms. The summed E-state index contributed by atoms with van der Waals surface area (Å²) in [6.07, 6.45) is 0. The monoisotopic (exact) mass is 258 g/mol. The average Bonchev–Trinajstić information content (AvgIpc) is 2.26. The lowest BCUT2D eigenvalue weighted by Crippen LogP contribution is -2.37. The molecule has 4 N–H and O–H groups in total. The standard InChI is InChI=1S/C11H16F2N4O/c1-17(2)11(18)16-4-3-15-10-8(12)5-7(14)6-9(10)13/h5-6,15H,3-4,14H2,1-2H3,(H,16,18). The molecular formula is C11H16F2N4O. The Labute approximate surface area is 104 Å². The van der Waals surface area contributed by atoms with Gasteiger partial charge in [-0.1, -0.05) is 0 Å². The maximum atomic E-state index is 13.3. The van der Waals surface area contributed by atoms with E-state index in [1.165, 1.54) is 4.90 Å². The minimum Gasteiger partial charge on any atom is -0.399 e. The highest BCUT2D eigenvalue weighted by Crippen LogP contribution is 2.21. The fourth-order valence-corrected chi connectivity index (χ4v) is 1.28. The topological polar surface area (TPSA) is 70.4 Å². The number of halogens is 2. The number of amides is 2. The van der Waals surface area contributed by atoms with E-state index in [0.29, 0.717) is 0 Å². The molecule has 1 aromatic rings. The number of anilines is 2. The molecule has 0 bridgehead atoms. The van der Waals surface area contributed by atoms with Gasteiger partial charge in [-0.05, 0) is 12.1 Å². The summed E-state index contributed by atoms with van der Waals surface area (Å²) in [7, 11) is 3.20. The van der Waals surface area contributed by atoms with Crippen LogP contribution in [0.2, 0.25) is 0 Å². The van der Waals surface area contributed by atoms with E-state index in [9.17, 15) is 13.6 Å². The summed E-state index contributed by atoms with van der Waals surface area (Å²) in [5, 5.41) is 5.12. The first-order chi connectivity index (χ1) is 8.41. The number of hydrogen-bond donors (Lipinski definition) is 3. The van der Waals surface area contributed by atoms with E-state index in [1.54, 1.807) is 14.1 Å². The Morgan fingerprint density at radius 1 is 1.28 bits per heavy atom. The van der Waals surface area contributed by atoms with E-state index in [2.05, 4.69) is 10.6 Å². The zero-order valence-electron chi connectivity index (χ0n) is 10.3. The van der Waals surface area contributed by atoms with E-state index in [4.69, 9.17) is 5.73 Å². The third-order valence-electron chi connectivity index (χ3n) is 2.17. The lowest BCUT2D eigenvalue weighted by atomic mass is 10.2. The van der Waals surface area contributed by atoms with Crippen LogP contribution in [0.25, 0.3) is 0 Å². The molecular weight excluding hydrogens is 242 g/mol. The number of nitrogens with two attached hydrogens (primary N) is 1. The molecule has 1 rings (SSSR count). The molecule has 7 heteroatoms. The molecule has 0 spiro atoms. The minimum absolute atomic E-state index is 0.0245. The Morgan fingerprint density at radius 3 is 2.33 bits per heavy atom. The Bertz CT molecular complexity index is 414. The maximum Gasteiger partial charge on any atom is 0.316 e. The van der Waals surface area contributed by atoms with Crippen molar-refractivity contribution in [2.45, 2.75) is 0 Å². The van der Waals surface area contributed by atoms with Crippen molar-refractivity contribution in [2.24, 2.45) is 0 Å². The van der Waals surface area contributed by atoms with Crippen molar-refractivity contribution in [2.75, 3.05) is 38.2 Å². The average molecular weight is 258 g/mol. The largest absolute Gasteiger partial charge is 0.399 e. The van der Waals surface area contributed by atoms with Crippen molar-refractivity contribution < 1.29 is 13.6 Å². The summed E-state index contributed by atoms with van der Waals surface area (Å²) < 4.78 is 26.7. The van der Waals surface area contributed by atoms with E-state index in [1.807, 2.05) is 0 Å². The molecule has 0 saturated heterocycles. The molecule has 2 amide bonds. The SMILES string of the molecule is CN(C)C(=O)NCCNc1c(F)cc(N)cc1F. The highest BCUT2D eigenvalue weighted by Gasteiger charge is 2.09. The Balaban J connectivity index is 2.47. The van der Waals surface area contributed by atoms with Crippen LogP contribution in [0.4, 0.5) is 25.0 Å². The number of hydrogen-bond acceptors (Lipinski definition) is 3. The second-order valence-corrected chi connectivity index (χ2v) is 3.91. The molecule has 0 fully saturated rings. The number of carbonyl (C=O) groups excluding carboxylic acids is 1. The van der Waals surface area contributed by atoms with E-state index in [-0.39, 0.29) is 30.5 Å². The number of benzene rings is 1. The second-order valence-electron chi connectivity index (χ2n) is 3.91. The molecule has 0 aliphatic heterocycles. The molecule has 0 atom stereocenters. The lowest BCUT2D eigenvalue weighted by molar-refractivity contribution is 0.218. The van der Waals surface area contributed by atoms with E-state index >= 15 is 0 Å². The van der Waals surface area contributed by atoms with Gasteiger partial charge in [0.25, 0.3) is 0 Å². The Morgan fingerprint density at radius 2 is 1.83 bits per heavy atom. The minimum atomic E-state index is -0.758. The first kappa shape index (κ1) is 14.0. The third kappa shape index (κ3) is 3.76. The molecule has 1 aromatic carbocycles. The molecule has 5 nitrogen and oxygen atoms in total. The molecule has 0 saturated carbocycles. The van der Waals surface area contributed by atoms with Crippen LogP contribution in [0.15, 0.2) is 12.1 Å². The maximum absolute atomic E-state index is 13.3. The molecule has 0 unspecified atom stereocenters. The predicted octanol–water partition coefficient (Wildman–Crippen LogP) is 1.23. The molecule has 0 aromatic heterocycles. The van der Waals surface area contributed by atoms with Crippen LogP contribution >= 0.6 is 0 Å². The fraction of sp³-hybridized carbons (Fsp3) is 0.364. The Kier molecular flexibility index (Phi) is 4.70. The van der Waals surface area contributed by atoms with Gasteiger partial charge in [0.1, 0.15) is 5.69 Å². The van der Waals surface area contributed by atoms with Gasteiger partial charge in [0, 0.05) is 32.9 Å². The van der Waals surface area contributed by atoms with Gasteiger partial charge in [-0.3, -0.25) is 0 Å². The predicted molar refractivity (Wildman–Crippen MR) is 66.3 cm³/mol. The Hall–Kier alpha value is -2.05. The summed E-state index contributed by atoms with van der Waals surface area (Å²) in [5.41, 5.74) is 5.06. The number of nitrogen functional groups attached to an aromatic ring is 1. The van der Waals surface area contributed by atoms with Crippen molar-refractivity contribution in [1.82, 2.24) is 10.2 Å². The van der Waals surface area contributed by atoms with Crippen molar-refractivity contribution in [1.29, 1.82) is 0 Å². The summed E-state index contributed by atoms with van der Waals surface area (Å²) in [4.78, 5) is 12.5. The van der Waals surface area contributed by atoms with Crippen molar-refractivity contribution in [3.05, 3.63) is 23.8 Å². The van der Waals surface area contributed by atoms with Crippen LogP contribution in [0.3, 0.4) is 0 Å². The van der Waals surface area contributed by atoms with Gasteiger partial charge in [-0.2, -0.15) is 0 Å². The summed E-state index contributed by atoms with van der Waals surface area (Å²) in [6, 6.07) is 1.79. The second kappa shape index (κ2) is 6.04. The smallest absolute Gasteiger partial charge is 0.316 e. The van der Waals surface area contributed by atoms with Crippen molar-refractivity contribution in [3.63, 3.8) is 0 Å². The van der Waals surface area contributed by atoms with Gasteiger partial charge in [-0.15, -0.1) is 0 Å². The zero-order valence-corrected chi connectivity index (χ0v) is 10.3.